The van der Waals surface area contributed by atoms with Crippen molar-refractivity contribution in [2.75, 3.05) is 6.61 Å². The summed E-state index contributed by atoms with van der Waals surface area (Å²) in [4.78, 5) is 2.46. The lowest BCUT2D eigenvalue weighted by Gasteiger charge is -2.08. The summed E-state index contributed by atoms with van der Waals surface area (Å²) in [5.41, 5.74) is 2.43. The lowest BCUT2D eigenvalue weighted by molar-refractivity contribution is 0.338. The fourth-order valence-electron chi connectivity index (χ4n) is 2.19. The van der Waals surface area contributed by atoms with Gasteiger partial charge in [0.05, 0.1) is 22.2 Å². The first kappa shape index (κ1) is 18.5. The number of halogens is 1. The van der Waals surface area contributed by atoms with E-state index in [2.05, 4.69) is 25.9 Å². The van der Waals surface area contributed by atoms with Crippen LogP contribution in [0.3, 0.4) is 0 Å². The molecule has 2 aromatic rings. The molecule has 0 aliphatic carbocycles. The van der Waals surface area contributed by atoms with Crippen LogP contribution >= 0.6 is 15.9 Å². The molecule has 7 heteroatoms. The van der Waals surface area contributed by atoms with Crippen LogP contribution in [0.5, 0.6) is 5.75 Å². The first-order chi connectivity index (χ1) is 11.3. The number of nitrogens with one attached hydrogen (secondary N) is 1. The van der Waals surface area contributed by atoms with E-state index in [1.54, 1.807) is 37.3 Å². The van der Waals surface area contributed by atoms with E-state index in [0.717, 1.165) is 21.3 Å². The van der Waals surface area contributed by atoms with Gasteiger partial charge < -0.3 is 4.74 Å². The highest BCUT2D eigenvalue weighted by molar-refractivity contribution is 9.10. The molecule has 0 amide bonds. The van der Waals surface area contributed by atoms with E-state index in [4.69, 9.17) is 4.74 Å². The summed E-state index contributed by atoms with van der Waals surface area (Å²) in [5, 5.41) is 3.85. The average Bonchev–Trinajstić information content (AvgIpc) is 2.49. The van der Waals surface area contributed by atoms with Gasteiger partial charge in [-0.05, 0) is 72.1 Å². The quantitative estimate of drug-likeness (QED) is 0.581. The Morgan fingerprint density at radius 3 is 2.58 bits per heavy atom. The zero-order valence-electron chi connectivity index (χ0n) is 13.7. The molecule has 0 aromatic heterocycles. The third kappa shape index (κ3) is 4.58. The third-order valence-electron chi connectivity index (χ3n) is 3.26. The number of sulfonamides is 1. The smallest absolute Gasteiger partial charge is 0.276 e. The van der Waals surface area contributed by atoms with Crippen LogP contribution < -0.4 is 9.57 Å². The lowest BCUT2D eigenvalue weighted by atomic mass is 10.2. The average molecular weight is 411 g/mol. The number of nitrogens with zero attached hydrogens (tertiary/aromatic N) is 1. The van der Waals surface area contributed by atoms with Crippen LogP contribution in [0.1, 0.15) is 23.6 Å². The van der Waals surface area contributed by atoms with E-state index in [1.807, 2.05) is 19.9 Å². The highest BCUT2D eigenvalue weighted by atomic mass is 79.9. The van der Waals surface area contributed by atoms with Gasteiger partial charge in [0.15, 0.2) is 0 Å². The molecule has 0 saturated heterocycles. The minimum atomic E-state index is -3.69. The SMILES string of the molecule is CCOc1ccc(/C=N/NS(=O)(=O)c2ccc(C)cc2C)cc1Br. The Morgan fingerprint density at radius 2 is 1.96 bits per heavy atom. The third-order valence-corrected chi connectivity index (χ3v) is 5.26. The maximum Gasteiger partial charge on any atom is 0.276 e. The Kier molecular flexibility index (Phi) is 6.01. The number of hydrazone groups is 1. The maximum atomic E-state index is 12.3. The molecule has 5 nitrogen and oxygen atoms in total. The van der Waals surface area contributed by atoms with Crippen molar-refractivity contribution in [3.05, 3.63) is 57.6 Å². The Bertz CT molecular complexity index is 864. The first-order valence-electron chi connectivity index (χ1n) is 7.38. The van der Waals surface area contributed by atoms with Gasteiger partial charge in [0.25, 0.3) is 10.0 Å². The molecule has 0 unspecified atom stereocenters. The van der Waals surface area contributed by atoms with E-state index >= 15 is 0 Å². The van der Waals surface area contributed by atoms with Crippen molar-refractivity contribution < 1.29 is 13.2 Å². The summed E-state index contributed by atoms with van der Waals surface area (Å²) in [6.07, 6.45) is 1.45. The molecule has 0 spiro atoms. The molecule has 0 aliphatic heterocycles. The summed E-state index contributed by atoms with van der Waals surface area (Å²) in [7, 11) is -3.69. The second kappa shape index (κ2) is 7.81. The van der Waals surface area contributed by atoms with E-state index in [9.17, 15) is 8.42 Å². The lowest BCUT2D eigenvalue weighted by Crippen LogP contribution is -2.19. The summed E-state index contributed by atoms with van der Waals surface area (Å²) < 4.78 is 30.8. The van der Waals surface area contributed by atoms with Gasteiger partial charge in [0.2, 0.25) is 0 Å². The minimum absolute atomic E-state index is 0.220. The van der Waals surface area contributed by atoms with Crippen LogP contribution in [0.2, 0.25) is 0 Å². The van der Waals surface area contributed by atoms with Crippen LogP contribution in [0.4, 0.5) is 0 Å². The van der Waals surface area contributed by atoms with Crippen LogP contribution in [-0.2, 0) is 10.0 Å². The van der Waals surface area contributed by atoms with Gasteiger partial charge in [-0.15, -0.1) is 0 Å². The van der Waals surface area contributed by atoms with Crippen LogP contribution in [-0.4, -0.2) is 21.2 Å². The number of hydrogen-bond acceptors (Lipinski definition) is 4. The van der Waals surface area contributed by atoms with Crippen molar-refractivity contribution in [1.29, 1.82) is 0 Å². The molecular formula is C17H19BrN2O3S. The summed E-state index contributed by atoms with van der Waals surface area (Å²) in [6.45, 7) is 6.15. The highest BCUT2D eigenvalue weighted by Gasteiger charge is 2.15. The zero-order chi connectivity index (χ0) is 17.7. The molecule has 0 aliphatic rings. The van der Waals surface area contributed by atoms with Gasteiger partial charge in [-0.1, -0.05) is 17.7 Å². The topological polar surface area (TPSA) is 67.8 Å². The minimum Gasteiger partial charge on any atom is -0.493 e. The fraction of sp³-hybridized carbons (Fsp3) is 0.235. The zero-order valence-corrected chi connectivity index (χ0v) is 16.1. The van der Waals surface area contributed by atoms with Crippen molar-refractivity contribution in [2.24, 2.45) is 5.10 Å². The molecular weight excluding hydrogens is 392 g/mol. The Balaban J connectivity index is 2.14. The Hall–Kier alpha value is -1.86. The fourth-order valence-corrected chi connectivity index (χ4v) is 3.72. The second-order valence-electron chi connectivity index (χ2n) is 5.24. The molecule has 2 rings (SSSR count). The molecule has 2 aromatic carbocycles. The predicted octanol–water partition coefficient (Wildman–Crippen LogP) is 3.78. The number of benzene rings is 2. The molecule has 0 radical (unpaired) electrons. The summed E-state index contributed by atoms with van der Waals surface area (Å²) >= 11 is 3.41. The van der Waals surface area contributed by atoms with Gasteiger partial charge in [0, 0.05) is 0 Å². The van der Waals surface area contributed by atoms with Crippen molar-refractivity contribution in [3.8, 4) is 5.75 Å². The van der Waals surface area contributed by atoms with Gasteiger partial charge >= 0.3 is 0 Å². The van der Waals surface area contributed by atoms with Crippen LogP contribution in [0.25, 0.3) is 0 Å². The van der Waals surface area contributed by atoms with E-state index in [1.165, 1.54) is 6.21 Å². The van der Waals surface area contributed by atoms with Crippen molar-refractivity contribution >= 4 is 32.2 Å². The highest BCUT2D eigenvalue weighted by Crippen LogP contribution is 2.25. The van der Waals surface area contributed by atoms with Crippen molar-refractivity contribution in [1.82, 2.24) is 4.83 Å². The standard InChI is InChI=1S/C17H19BrN2O3S/c1-4-23-16-7-6-14(10-15(16)18)11-19-20-24(21,22)17-8-5-12(2)9-13(17)3/h5-11,20H,4H2,1-3H3/b19-11+. The largest absolute Gasteiger partial charge is 0.493 e. The molecule has 128 valence electrons. The number of ether oxygens (including phenoxy) is 1. The number of aryl methyl sites for hydroxylation is 2. The van der Waals surface area contributed by atoms with Gasteiger partial charge in [0.1, 0.15) is 5.75 Å². The molecule has 24 heavy (non-hydrogen) atoms. The number of hydrogen-bond donors (Lipinski definition) is 1. The van der Waals surface area contributed by atoms with Crippen LogP contribution in [0, 0.1) is 13.8 Å². The van der Waals surface area contributed by atoms with E-state index in [-0.39, 0.29) is 4.90 Å². The molecule has 0 bridgehead atoms. The van der Waals surface area contributed by atoms with Gasteiger partial charge in [-0.2, -0.15) is 13.5 Å². The van der Waals surface area contributed by atoms with Crippen molar-refractivity contribution in [3.63, 3.8) is 0 Å². The van der Waals surface area contributed by atoms with Crippen molar-refractivity contribution in [2.45, 2.75) is 25.7 Å². The Labute approximate surface area is 150 Å². The predicted molar refractivity (Wildman–Crippen MR) is 99.1 cm³/mol. The molecule has 0 saturated carbocycles. The normalized spacial score (nSPS) is 11.7. The van der Waals surface area contributed by atoms with Crippen LogP contribution in [0.15, 0.2) is 50.9 Å². The second-order valence-corrected chi connectivity index (χ2v) is 7.73. The summed E-state index contributed by atoms with van der Waals surface area (Å²) in [6, 6.07) is 10.6. The molecule has 1 N–H and O–H groups in total. The van der Waals surface area contributed by atoms with Gasteiger partial charge in [-0.3, -0.25) is 0 Å². The number of rotatable bonds is 6. The van der Waals surface area contributed by atoms with E-state index in [0.29, 0.717) is 12.2 Å². The van der Waals surface area contributed by atoms with E-state index < -0.39 is 10.0 Å². The Morgan fingerprint density at radius 1 is 1.21 bits per heavy atom. The molecule has 0 atom stereocenters. The molecule has 0 heterocycles. The monoisotopic (exact) mass is 410 g/mol. The molecule has 0 fully saturated rings. The summed E-state index contributed by atoms with van der Waals surface area (Å²) in [5.74, 6) is 0.727. The first-order valence-corrected chi connectivity index (χ1v) is 9.65. The van der Waals surface area contributed by atoms with Gasteiger partial charge in [-0.25, -0.2) is 4.83 Å². The maximum absolute atomic E-state index is 12.3.